The summed E-state index contributed by atoms with van der Waals surface area (Å²) in [5.74, 6) is 1.47. The quantitative estimate of drug-likeness (QED) is 0.472. The van der Waals surface area contributed by atoms with Crippen molar-refractivity contribution in [1.82, 2.24) is 10.6 Å². The molecule has 2 aromatic carbocycles. The first-order valence-electron chi connectivity index (χ1n) is 8.78. The SMILES string of the molecule is CCNC(=NCc1cccc(S(N)(=O)=O)c1)NCc1ccccc1OCC. The van der Waals surface area contributed by atoms with Crippen LogP contribution in [0.2, 0.25) is 0 Å². The van der Waals surface area contributed by atoms with E-state index in [1.54, 1.807) is 6.07 Å². The Kier molecular flexibility index (Phi) is 7.63. The lowest BCUT2D eigenvalue weighted by Crippen LogP contribution is -2.36. The van der Waals surface area contributed by atoms with E-state index in [0.29, 0.717) is 32.2 Å². The summed E-state index contributed by atoms with van der Waals surface area (Å²) in [7, 11) is -3.72. The smallest absolute Gasteiger partial charge is 0.238 e. The zero-order valence-electron chi connectivity index (χ0n) is 15.6. The average Bonchev–Trinajstić information content (AvgIpc) is 2.65. The first-order valence-corrected chi connectivity index (χ1v) is 10.3. The molecule has 0 fully saturated rings. The Hall–Kier alpha value is -2.58. The number of primary sulfonamides is 1. The number of nitrogens with one attached hydrogen (secondary N) is 2. The zero-order valence-corrected chi connectivity index (χ0v) is 16.4. The molecule has 2 rings (SSSR count). The van der Waals surface area contributed by atoms with Crippen molar-refractivity contribution in [1.29, 1.82) is 0 Å². The van der Waals surface area contributed by atoms with Crippen LogP contribution in [0.4, 0.5) is 0 Å². The topological polar surface area (TPSA) is 106 Å². The standard InChI is InChI=1S/C19H26N4O3S/c1-3-21-19(23-14-16-9-5-6-11-18(16)26-4-2)22-13-15-8-7-10-17(12-15)27(20,24)25/h5-12H,3-4,13-14H2,1-2H3,(H2,20,24,25)(H2,21,22,23). The number of nitrogens with zero attached hydrogens (tertiary/aromatic N) is 1. The highest BCUT2D eigenvalue weighted by Gasteiger charge is 2.08. The largest absolute Gasteiger partial charge is 0.494 e. The van der Waals surface area contributed by atoms with E-state index in [1.807, 2.05) is 44.2 Å². The van der Waals surface area contributed by atoms with Crippen molar-refractivity contribution in [2.45, 2.75) is 31.8 Å². The molecule has 0 spiro atoms. The van der Waals surface area contributed by atoms with Gasteiger partial charge in [-0.2, -0.15) is 0 Å². The number of sulfonamides is 1. The van der Waals surface area contributed by atoms with Crippen LogP contribution >= 0.6 is 0 Å². The van der Waals surface area contributed by atoms with Gasteiger partial charge in [0.25, 0.3) is 0 Å². The zero-order chi connectivity index (χ0) is 19.7. The van der Waals surface area contributed by atoms with E-state index < -0.39 is 10.0 Å². The van der Waals surface area contributed by atoms with Crippen LogP contribution in [0.1, 0.15) is 25.0 Å². The van der Waals surface area contributed by atoms with Gasteiger partial charge in [0.2, 0.25) is 10.0 Å². The van der Waals surface area contributed by atoms with Crippen molar-refractivity contribution in [2.75, 3.05) is 13.2 Å². The molecular formula is C19H26N4O3S. The Balaban J connectivity index is 2.09. The molecule has 2 aromatic rings. The third kappa shape index (κ3) is 6.58. The number of benzene rings is 2. The summed E-state index contributed by atoms with van der Waals surface area (Å²) in [5, 5.41) is 11.6. The van der Waals surface area contributed by atoms with Gasteiger partial charge in [-0.15, -0.1) is 0 Å². The van der Waals surface area contributed by atoms with Gasteiger partial charge >= 0.3 is 0 Å². The van der Waals surface area contributed by atoms with E-state index in [0.717, 1.165) is 16.9 Å². The molecule has 0 unspecified atom stereocenters. The predicted molar refractivity (Wildman–Crippen MR) is 107 cm³/mol. The predicted octanol–water partition coefficient (Wildman–Crippen LogP) is 1.99. The fourth-order valence-corrected chi connectivity index (χ4v) is 3.04. The monoisotopic (exact) mass is 390 g/mol. The summed E-state index contributed by atoms with van der Waals surface area (Å²) < 4.78 is 28.6. The molecule has 0 saturated heterocycles. The molecule has 27 heavy (non-hydrogen) atoms. The minimum absolute atomic E-state index is 0.0822. The van der Waals surface area contributed by atoms with Gasteiger partial charge in [0.05, 0.1) is 18.0 Å². The first kappa shape index (κ1) is 20.7. The number of ether oxygens (including phenoxy) is 1. The lowest BCUT2D eigenvalue weighted by molar-refractivity contribution is 0.336. The number of para-hydroxylation sites is 1. The molecule has 0 bridgehead atoms. The summed E-state index contributed by atoms with van der Waals surface area (Å²) in [5.41, 5.74) is 1.79. The summed E-state index contributed by atoms with van der Waals surface area (Å²) >= 11 is 0. The van der Waals surface area contributed by atoms with Gasteiger partial charge in [-0.1, -0.05) is 30.3 Å². The molecule has 4 N–H and O–H groups in total. The molecule has 0 amide bonds. The van der Waals surface area contributed by atoms with E-state index in [2.05, 4.69) is 15.6 Å². The fraction of sp³-hybridized carbons (Fsp3) is 0.316. The highest BCUT2D eigenvalue weighted by molar-refractivity contribution is 7.89. The Morgan fingerprint density at radius 1 is 1.11 bits per heavy atom. The molecule has 7 nitrogen and oxygen atoms in total. The van der Waals surface area contributed by atoms with Crippen LogP contribution in [0.5, 0.6) is 5.75 Å². The molecule has 0 atom stereocenters. The summed E-state index contributed by atoms with van der Waals surface area (Å²) in [6, 6.07) is 14.3. The van der Waals surface area contributed by atoms with Gasteiger partial charge in [-0.3, -0.25) is 0 Å². The number of aliphatic imine (C=N–C) groups is 1. The van der Waals surface area contributed by atoms with Crippen LogP contribution in [0.25, 0.3) is 0 Å². The second-order valence-corrected chi connectivity index (χ2v) is 7.34. The summed E-state index contributed by atoms with van der Waals surface area (Å²) in [6.45, 7) is 6.12. The Labute approximate surface area is 160 Å². The maximum absolute atomic E-state index is 11.5. The van der Waals surface area contributed by atoms with Crippen LogP contribution in [-0.2, 0) is 23.1 Å². The van der Waals surface area contributed by atoms with Crippen molar-refractivity contribution in [3.05, 3.63) is 59.7 Å². The molecule has 0 aliphatic rings. The van der Waals surface area contributed by atoms with Crippen LogP contribution in [-0.4, -0.2) is 27.5 Å². The molecule has 8 heteroatoms. The van der Waals surface area contributed by atoms with Crippen molar-refractivity contribution in [3.63, 3.8) is 0 Å². The lowest BCUT2D eigenvalue weighted by atomic mass is 10.2. The van der Waals surface area contributed by atoms with Crippen molar-refractivity contribution >= 4 is 16.0 Å². The van der Waals surface area contributed by atoms with Gasteiger partial charge < -0.3 is 15.4 Å². The number of guanidine groups is 1. The van der Waals surface area contributed by atoms with Crippen LogP contribution < -0.4 is 20.5 Å². The van der Waals surface area contributed by atoms with Gasteiger partial charge in [0, 0.05) is 18.7 Å². The van der Waals surface area contributed by atoms with Crippen LogP contribution in [0, 0.1) is 0 Å². The number of hydrogen-bond donors (Lipinski definition) is 3. The molecule has 0 heterocycles. The Morgan fingerprint density at radius 3 is 2.59 bits per heavy atom. The molecule has 0 aliphatic carbocycles. The van der Waals surface area contributed by atoms with Crippen molar-refractivity contribution < 1.29 is 13.2 Å². The van der Waals surface area contributed by atoms with Crippen molar-refractivity contribution in [3.8, 4) is 5.75 Å². The minimum atomic E-state index is -3.72. The molecule has 146 valence electrons. The van der Waals surface area contributed by atoms with E-state index in [4.69, 9.17) is 9.88 Å². The molecule has 0 aromatic heterocycles. The number of hydrogen-bond acceptors (Lipinski definition) is 4. The van der Waals surface area contributed by atoms with Crippen molar-refractivity contribution in [2.24, 2.45) is 10.1 Å². The number of nitrogens with two attached hydrogens (primary N) is 1. The van der Waals surface area contributed by atoms with E-state index >= 15 is 0 Å². The van der Waals surface area contributed by atoms with E-state index in [9.17, 15) is 8.42 Å². The normalized spacial score (nSPS) is 11.9. The second-order valence-electron chi connectivity index (χ2n) is 5.78. The van der Waals surface area contributed by atoms with Crippen LogP contribution in [0.3, 0.4) is 0 Å². The van der Waals surface area contributed by atoms with Crippen LogP contribution in [0.15, 0.2) is 58.4 Å². The fourth-order valence-electron chi connectivity index (χ4n) is 2.46. The van der Waals surface area contributed by atoms with Gasteiger partial charge in [-0.25, -0.2) is 18.5 Å². The first-order chi connectivity index (χ1) is 12.9. The molecule has 0 aliphatic heterocycles. The van der Waals surface area contributed by atoms with E-state index in [1.165, 1.54) is 12.1 Å². The molecule has 0 saturated carbocycles. The third-order valence-electron chi connectivity index (χ3n) is 3.71. The minimum Gasteiger partial charge on any atom is -0.494 e. The summed E-state index contributed by atoms with van der Waals surface area (Å²) in [4.78, 5) is 4.60. The second kappa shape index (κ2) is 9.94. The van der Waals surface area contributed by atoms with Gasteiger partial charge in [0.15, 0.2) is 5.96 Å². The van der Waals surface area contributed by atoms with E-state index in [-0.39, 0.29) is 4.90 Å². The number of rotatable bonds is 8. The maximum atomic E-state index is 11.5. The molecule has 0 radical (unpaired) electrons. The lowest BCUT2D eigenvalue weighted by Gasteiger charge is -2.14. The average molecular weight is 391 g/mol. The molecular weight excluding hydrogens is 364 g/mol. The van der Waals surface area contributed by atoms with Gasteiger partial charge in [0.1, 0.15) is 5.75 Å². The highest BCUT2D eigenvalue weighted by atomic mass is 32.2. The highest BCUT2D eigenvalue weighted by Crippen LogP contribution is 2.17. The summed E-state index contributed by atoms with van der Waals surface area (Å²) in [6.07, 6.45) is 0. The Bertz CT molecular complexity index is 882. The Morgan fingerprint density at radius 2 is 1.89 bits per heavy atom. The van der Waals surface area contributed by atoms with Gasteiger partial charge in [-0.05, 0) is 37.6 Å². The maximum Gasteiger partial charge on any atom is 0.238 e. The third-order valence-corrected chi connectivity index (χ3v) is 4.62.